The number of amides is 1. The molecular formula is C18H29N3O5-2. The molecule has 0 spiro atoms. The maximum atomic E-state index is 12.9. The molecule has 0 unspecified atom stereocenters. The lowest BCUT2D eigenvalue weighted by Gasteiger charge is -2.39. The predicted molar refractivity (Wildman–Crippen MR) is 101 cm³/mol. The van der Waals surface area contributed by atoms with Crippen molar-refractivity contribution in [2.45, 2.75) is 59.3 Å². The Bertz CT molecular complexity index is 539. The molecule has 0 radical (unpaired) electrons. The fourth-order valence-corrected chi connectivity index (χ4v) is 2.81. The molecule has 0 aliphatic heterocycles. The van der Waals surface area contributed by atoms with Gasteiger partial charge in [-0.1, -0.05) is 39.5 Å². The van der Waals surface area contributed by atoms with Gasteiger partial charge >= 0.3 is 0 Å². The molecule has 0 aliphatic rings. The first-order chi connectivity index (χ1) is 12.3. The zero-order valence-corrected chi connectivity index (χ0v) is 15.8. The third kappa shape index (κ3) is 6.14. The average molecular weight is 367 g/mol. The molecule has 8 nitrogen and oxygen atoms in total. The Kier molecular flexibility index (Phi) is 9.36. The highest BCUT2D eigenvalue weighted by atomic mass is 16.8. The molecule has 1 aromatic carbocycles. The third-order valence-corrected chi connectivity index (χ3v) is 4.36. The van der Waals surface area contributed by atoms with Crippen LogP contribution >= 0.6 is 0 Å². The van der Waals surface area contributed by atoms with Crippen molar-refractivity contribution in [3.05, 3.63) is 33.7 Å². The van der Waals surface area contributed by atoms with Gasteiger partial charge in [-0.05, 0) is 37.5 Å². The van der Waals surface area contributed by atoms with Crippen LogP contribution in [0.5, 0.6) is 0 Å². The van der Waals surface area contributed by atoms with Gasteiger partial charge in [0.1, 0.15) is 0 Å². The lowest BCUT2D eigenvalue weighted by atomic mass is 10.1. The maximum absolute atomic E-state index is 12.9. The standard InChI is InChI=1S/C18H29N3O5/c1-4-6-8-10-19(11-9-7-5-2)18(22)15-12-16(20(23)24)14(3)17(13-15)21(25)26/h12-13,23-24H,4-11H2,1-3H3/q-2. The Morgan fingerprint density at radius 1 is 0.962 bits per heavy atom. The summed E-state index contributed by atoms with van der Waals surface area (Å²) in [7, 11) is 0. The highest BCUT2D eigenvalue weighted by Gasteiger charge is 2.19. The van der Waals surface area contributed by atoms with Crippen LogP contribution in [0.15, 0.2) is 12.1 Å². The van der Waals surface area contributed by atoms with Gasteiger partial charge in [0.05, 0.1) is 5.69 Å². The molecule has 8 heteroatoms. The Hall–Kier alpha value is -1.87. The molecule has 0 fully saturated rings. The van der Waals surface area contributed by atoms with E-state index in [2.05, 4.69) is 13.8 Å². The van der Waals surface area contributed by atoms with Crippen LogP contribution in [-0.4, -0.2) is 34.3 Å². The summed E-state index contributed by atoms with van der Waals surface area (Å²) in [5.41, 5.74) is -0.330. The summed E-state index contributed by atoms with van der Waals surface area (Å²) in [4.78, 5) is 14.6. The van der Waals surface area contributed by atoms with E-state index in [4.69, 9.17) is 0 Å². The summed E-state index contributed by atoms with van der Waals surface area (Å²) in [6.45, 7) is 6.72. The summed E-state index contributed by atoms with van der Waals surface area (Å²) in [6.07, 6.45) is 5.78. The lowest BCUT2D eigenvalue weighted by molar-refractivity contribution is 0.0288. The Balaban J connectivity index is 3.14. The highest BCUT2D eigenvalue weighted by Crippen LogP contribution is 2.30. The third-order valence-electron chi connectivity index (χ3n) is 4.36. The Morgan fingerprint density at radius 3 is 1.88 bits per heavy atom. The van der Waals surface area contributed by atoms with Gasteiger partial charge < -0.3 is 20.5 Å². The zero-order chi connectivity index (χ0) is 19.7. The monoisotopic (exact) mass is 367 g/mol. The van der Waals surface area contributed by atoms with Crippen molar-refractivity contribution in [1.29, 1.82) is 0 Å². The summed E-state index contributed by atoms with van der Waals surface area (Å²) in [5.74, 6) is -0.330. The van der Waals surface area contributed by atoms with Gasteiger partial charge in [-0.2, -0.15) is 0 Å². The van der Waals surface area contributed by atoms with Gasteiger partial charge in [-0.15, -0.1) is 5.23 Å². The maximum Gasteiger partial charge on any atom is 0.254 e. The Labute approximate surface area is 154 Å². The molecule has 26 heavy (non-hydrogen) atoms. The number of rotatable bonds is 11. The van der Waals surface area contributed by atoms with E-state index in [1.54, 1.807) is 4.90 Å². The van der Waals surface area contributed by atoms with E-state index in [0.29, 0.717) is 13.1 Å². The summed E-state index contributed by atoms with van der Waals surface area (Å²) in [5, 5.41) is 40.4. The summed E-state index contributed by atoms with van der Waals surface area (Å²) >= 11 is 0. The first-order valence-corrected chi connectivity index (χ1v) is 9.09. The van der Waals surface area contributed by atoms with E-state index in [-0.39, 0.29) is 33.6 Å². The molecule has 148 valence electrons. The fourth-order valence-electron chi connectivity index (χ4n) is 2.81. The molecule has 1 aromatic rings. The second-order valence-corrected chi connectivity index (χ2v) is 6.39. The zero-order valence-electron chi connectivity index (χ0n) is 15.8. The van der Waals surface area contributed by atoms with Crippen molar-refractivity contribution in [3.63, 3.8) is 0 Å². The molecular weight excluding hydrogens is 338 g/mol. The van der Waals surface area contributed by atoms with Crippen molar-refractivity contribution in [3.8, 4) is 0 Å². The van der Waals surface area contributed by atoms with Gasteiger partial charge in [-0.3, -0.25) is 15.2 Å². The van der Waals surface area contributed by atoms with Crippen molar-refractivity contribution in [2.24, 2.45) is 0 Å². The number of anilines is 2. The van der Waals surface area contributed by atoms with Gasteiger partial charge in [0.25, 0.3) is 5.91 Å². The van der Waals surface area contributed by atoms with Crippen molar-refractivity contribution in [2.75, 3.05) is 23.5 Å². The van der Waals surface area contributed by atoms with Crippen molar-refractivity contribution >= 4 is 17.3 Å². The van der Waals surface area contributed by atoms with E-state index in [9.17, 15) is 25.6 Å². The van der Waals surface area contributed by atoms with Crippen LogP contribution in [0.4, 0.5) is 11.4 Å². The first-order valence-electron chi connectivity index (χ1n) is 9.09. The van der Waals surface area contributed by atoms with Crippen LogP contribution in [0.2, 0.25) is 0 Å². The van der Waals surface area contributed by atoms with E-state index >= 15 is 0 Å². The van der Waals surface area contributed by atoms with Gasteiger partial charge in [0, 0.05) is 24.3 Å². The topological polar surface area (TPSA) is 113 Å². The molecule has 0 atom stereocenters. The normalized spacial score (nSPS) is 10.7. The average Bonchev–Trinajstić information content (AvgIpc) is 2.59. The number of carbonyl (C=O) groups is 1. The fraction of sp³-hybridized carbons (Fsp3) is 0.611. The molecule has 0 aliphatic carbocycles. The molecule has 0 aromatic heterocycles. The van der Waals surface area contributed by atoms with Crippen LogP contribution in [0.1, 0.15) is 68.3 Å². The summed E-state index contributed by atoms with van der Waals surface area (Å²) in [6, 6.07) is 2.48. The highest BCUT2D eigenvalue weighted by molar-refractivity contribution is 5.97. The van der Waals surface area contributed by atoms with Crippen LogP contribution in [-0.2, 0) is 0 Å². The van der Waals surface area contributed by atoms with Crippen LogP contribution in [0.3, 0.4) is 0 Å². The number of carbonyl (C=O) groups excluding carboxylic acids is 1. The molecule has 0 bridgehead atoms. The molecule has 0 heterocycles. The van der Waals surface area contributed by atoms with Crippen molar-refractivity contribution in [1.82, 2.24) is 4.90 Å². The van der Waals surface area contributed by atoms with E-state index < -0.39 is 5.23 Å². The summed E-state index contributed by atoms with van der Waals surface area (Å²) < 4.78 is 0. The van der Waals surface area contributed by atoms with Crippen LogP contribution in [0, 0.1) is 17.3 Å². The predicted octanol–water partition coefficient (Wildman–Crippen LogP) is 4.20. The van der Waals surface area contributed by atoms with E-state index in [1.165, 1.54) is 19.1 Å². The molecule has 0 saturated heterocycles. The second kappa shape index (κ2) is 11.0. The largest absolute Gasteiger partial charge is 0.769 e. The minimum absolute atomic E-state index is 0.0818. The quantitative estimate of drug-likeness (QED) is 0.445. The number of hydrogen-bond acceptors (Lipinski definition) is 7. The molecule has 0 saturated carbocycles. The number of benzene rings is 1. The smallest absolute Gasteiger partial charge is 0.254 e. The van der Waals surface area contributed by atoms with Gasteiger partial charge in [-0.25, -0.2) is 0 Å². The molecule has 2 N–H and O–H groups in total. The van der Waals surface area contributed by atoms with Crippen LogP contribution < -0.4 is 10.5 Å². The molecule has 1 rings (SSSR count). The minimum atomic E-state index is -0.627. The minimum Gasteiger partial charge on any atom is -0.769 e. The Morgan fingerprint density at radius 2 is 1.46 bits per heavy atom. The SMILES string of the molecule is CCCCCN(CCCCC)C(=O)c1cc(N([O-])[O-])c(C)c(N(O)O)c1. The van der Waals surface area contributed by atoms with E-state index in [1.807, 2.05) is 0 Å². The number of unbranched alkanes of at least 4 members (excludes halogenated alkanes) is 4. The van der Waals surface area contributed by atoms with Gasteiger partial charge in [0.2, 0.25) is 0 Å². The second-order valence-electron chi connectivity index (χ2n) is 6.39. The molecule has 1 amide bonds. The first kappa shape index (κ1) is 22.2. The van der Waals surface area contributed by atoms with Crippen molar-refractivity contribution < 1.29 is 15.2 Å². The number of nitrogens with zero attached hydrogens (tertiary/aromatic N) is 3. The lowest BCUT2D eigenvalue weighted by Crippen LogP contribution is -2.33. The van der Waals surface area contributed by atoms with E-state index in [0.717, 1.165) is 38.5 Å². The van der Waals surface area contributed by atoms with Gasteiger partial charge in [0.15, 0.2) is 0 Å². The van der Waals surface area contributed by atoms with Crippen LogP contribution in [0.25, 0.3) is 0 Å². The number of hydrogen-bond donors (Lipinski definition) is 2.